The molecule has 4 aliphatic rings. The van der Waals surface area contributed by atoms with Crippen LogP contribution in [0.25, 0.3) is 0 Å². The summed E-state index contributed by atoms with van der Waals surface area (Å²) in [5.74, 6) is 0.531. The van der Waals surface area contributed by atoms with E-state index in [9.17, 15) is 15.3 Å². The molecule has 0 radical (unpaired) electrons. The van der Waals surface area contributed by atoms with Gasteiger partial charge in [-0.2, -0.15) is 0 Å². The largest absolute Gasteiger partial charge is 0.504 e. The third-order valence-corrected chi connectivity index (χ3v) is 5.84. The number of phenolic OH excluding ortho intramolecular Hbond substituents is 1. The number of piperidine rings is 1. The minimum Gasteiger partial charge on any atom is -0.504 e. The van der Waals surface area contributed by atoms with Crippen molar-refractivity contribution in [2.24, 2.45) is 0 Å². The Morgan fingerprint density at radius 2 is 2.19 bits per heavy atom. The van der Waals surface area contributed by atoms with Crippen molar-refractivity contribution in [3.8, 4) is 11.5 Å². The van der Waals surface area contributed by atoms with Gasteiger partial charge in [0.2, 0.25) is 0 Å². The number of nitrogens with one attached hydrogen (secondary N) is 1. The Hall–Kier alpha value is -1.56. The van der Waals surface area contributed by atoms with Crippen LogP contribution in [0, 0.1) is 0 Å². The Kier molecular flexibility index (Phi) is 1.96. The molecule has 0 amide bonds. The highest BCUT2D eigenvalue weighted by molar-refractivity contribution is 5.63. The highest BCUT2D eigenvalue weighted by Crippen LogP contribution is 2.62. The van der Waals surface area contributed by atoms with Crippen molar-refractivity contribution >= 4 is 0 Å². The van der Waals surface area contributed by atoms with Crippen LogP contribution < -0.4 is 10.1 Å². The van der Waals surface area contributed by atoms with Gasteiger partial charge in [-0.1, -0.05) is 18.2 Å². The fraction of sp³-hybridized carbons (Fsp3) is 0.500. The van der Waals surface area contributed by atoms with Gasteiger partial charge in [-0.25, -0.2) is 0 Å². The molecule has 1 saturated heterocycles. The number of rotatable bonds is 0. The van der Waals surface area contributed by atoms with Crippen LogP contribution >= 0.6 is 0 Å². The predicted molar refractivity (Wildman–Crippen MR) is 74.4 cm³/mol. The Bertz CT molecular complexity index is 687. The Balaban J connectivity index is 1.90. The van der Waals surface area contributed by atoms with Crippen molar-refractivity contribution in [3.63, 3.8) is 0 Å². The summed E-state index contributed by atoms with van der Waals surface area (Å²) in [5.41, 5.74) is 0.241. The molecule has 4 N–H and O–H groups in total. The molecular weight excluding hydrogens is 270 g/mol. The lowest BCUT2D eigenvalue weighted by Crippen LogP contribution is -2.75. The Morgan fingerprint density at radius 1 is 1.33 bits per heavy atom. The summed E-state index contributed by atoms with van der Waals surface area (Å²) in [7, 11) is 0. The van der Waals surface area contributed by atoms with Crippen molar-refractivity contribution < 1.29 is 20.1 Å². The van der Waals surface area contributed by atoms with E-state index in [0.717, 1.165) is 17.7 Å². The maximum absolute atomic E-state index is 11.4. The van der Waals surface area contributed by atoms with E-state index >= 15 is 0 Å². The number of benzene rings is 1. The monoisotopic (exact) mass is 287 g/mol. The van der Waals surface area contributed by atoms with Gasteiger partial charge < -0.3 is 25.4 Å². The van der Waals surface area contributed by atoms with Gasteiger partial charge in [-0.05, 0) is 31.0 Å². The third-order valence-electron chi connectivity index (χ3n) is 5.84. The topological polar surface area (TPSA) is 82.0 Å². The summed E-state index contributed by atoms with van der Waals surface area (Å²) in [4.78, 5) is 0. The molecule has 21 heavy (non-hydrogen) atoms. The zero-order chi connectivity index (χ0) is 14.4. The van der Waals surface area contributed by atoms with E-state index in [2.05, 4.69) is 5.32 Å². The molecule has 110 valence electrons. The van der Waals surface area contributed by atoms with Crippen LogP contribution in [-0.4, -0.2) is 45.7 Å². The average Bonchev–Trinajstić information content (AvgIpc) is 2.80. The standard InChI is InChI=1S/C16H17NO4/c18-9-2-1-8-7-11-16(20)4-3-10(19)14-15(16,5-6-17-11)12(8)13(9)21-14/h1-4,10-11,14,17-20H,5-7H2. The van der Waals surface area contributed by atoms with E-state index < -0.39 is 23.2 Å². The normalized spacial score (nSPS) is 45.1. The van der Waals surface area contributed by atoms with Gasteiger partial charge in [0.25, 0.3) is 0 Å². The summed E-state index contributed by atoms with van der Waals surface area (Å²) < 4.78 is 5.95. The smallest absolute Gasteiger partial charge is 0.165 e. The maximum atomic E-state index is 11.4. The molecule has 5 unspecified atom stereocenters. The molecule has 1 aromatic carbocycles. The van der Waals surface area contributed by atoms with Crippen molar-refractivity contribution in [2.45, 2.75) is 42.1 Å². The molecule has 2 heterocycles. The van der Waals surface area contributed by atoms with Crippen LogP contribution in [0.5, 0.6) is 11.5 Å². The van der Waals surface area contributed by atoms with Crippen molar-refractivity contribution in [3.05, 3.63) is 35.4 Å². The number of aliphatic hydroxyl groups is 2. The number of ether oxygens (including phenoxy) is 1. The maximum Gasteiger partial charge on any atom is 0.165 e. The van der Waals surface area contributed by atoms with E-state index in [-0.39, 0.29) is 11.8 Å². The average molecular weight is 287 g/mol. The summed E-state index contributed by atoms with van der Waals surface area (Å²) >= 11 is 0. The number of hydrogen-bond acceptors (Lipinski definition) is 5. The summed E-state index contributed by atoms with van der Waals surface area (Å²) in [6.07, 6.45) is 3.40. The SMILES string of the molecule is Oc1ccc2c3c1OC1C(O)C=CC4(O)C(C2)NCCC314. The fourth-order valence-electron chi connectivity index (χ4n) is 4.99. The number of aliphatic hydroxyl groups excluding tert-OH is 1. The second-order valence-corrected chi connectivity index (χ2v) is 6.59. The fourth-order valence-corrected chi connectivity index (χ4v) is 4.99. The lowest BCUT2D eigenvalue weighted by molar-refractivity contribution is -0.120. The molecule has 1 aromatic rings. The minimum atomic E-state index is -1.08. The van der Waals surface area contributed by atoms with Crippen LogP contribution in [0.4, 0.5) is 0 Å². The number of aromatic hydroxyl groups is 1. The molecule has 2 aliphatic heterocycles. The summed E-state index contributed by atoms with van der Waals surface area (Å²) in [5, 5.41) is 35.3. The highest BCUT2D eigenvalue weighted by Gasteiger charge is 2.70. The summed E-state index contributed by atoms with van der Waals surface area (Å²) in [6.45, 7) is 0.766. The molecule has 2 bridgehead atoms. The van der Waals surface area contributed by atoms with Crippen LogP contribution in [0.15, 0.2) is 24.3 Å². The van der Waals surface area contributed by atoms with E-state index in [4.69, 9.17) is 4.74 Å². The molecule has 5 heteroatoms. The van der Waals surface area contributed by atoms with Gasteiger partial charge in [0.1, 0.15) is 17.8 Å². The second kappa shape index (κ2) is 3.43. The first-order valence-corrected chi connectivity index (χ1v) is 7.43. The van der Waals surface area contributed by atoms with Crippen LogP contribution in [-0.2, 0) is 11.8 Å². The molecule has 5 atom stereocenters. The quantitative estimate of drug-likeness (QED) is 0.504. The van der Waals surface area contributed by atoms with Gasteiger partial charge >= 0.3 is 0 Å². The van der Waals surface area contributed by atoms with E-state index in [1.165, 1.54) is 0 Å². The van der Waals surface area contributed by atoms with E-state index in [1.807, 2.05) is 6.07 Å². The van der Waals surface area contributed by atoms with Crippen LogP contribution in [0.3, 0.4) is 0 Å². The molecule has 5 rings (SSSR count). The van der Waals surface area contributed by atoms with Crippen molar-refractivity contribution in [1.82, 2.24) is 5.32 Å². The molecule has 2 aliphatic carbocycles. The third kappa shape index (κ3) is 1.10. The molecule has 0 aromatic heterocycles. The van der Waals surface area contributed by atoms with Crippen LogP contribution in [0.1, 0.15) is 17.5 Å². The first kappa shape index (κ1) is 12.0. The predicted octanol–water partition coefficient (Wildman–Crippen LogP) is -0.0292. The van der Waals surface area contributed by atoms with Crippen molar-refractivity contribution in [1.29, 1.82) is 0 Å². The molecule has 0 saturated carbocycles. The molecular formula is C16H17NO4. The zero-order valence-electron chi connectivity index (χ0n) is 11.4. The molecule has 1 spiro atoms. The lowest BCUT2D eigenvalue weighted by atomic mass is 9.51. The Morgan fingerprint density at radius 3 is 3.05 bits per heavy atom. The minimum absolute atomic E-state index is 0.0871. The Labute approximate surface area is 121 Å². The first-order chi connectivity index (χ1) is 10.1. The molecule has 5 nitrogen and oxygen atoms in total. The van der Waals surface area contributed by atoms with Gasteiger partial charge in [-0.15, -0.1) is 0 Å². The molecule has 1 fully saturated rings. The summed E-state index contributed by atoms with van der Waals surface area (Å²) in [6, 6.07) is 3.46. The zero-order valence-corrected chi connectivity index (χ0v) is 11.4. The highest BCUT2D eigenvalue weighted by atomic mass is 16.5. The lowest BCUT2D eigenvalue weighted by Gasteiger charge is -2.58. The van der Waals surface area contributed by atoms with Gasteiger partial charge in [0.15, 0.2) is 11.5 Å². The van der Waals surface area contributed by atoms with Crippen molar-refractivity contribution in [2.75, 3.05) is 6.54 Å². The van der Waals surface area contributed by atoms with Gasteiger partial charge in [0, 0.05) is 11.6 Å². The number of phenols is 1. The second-order valence-electron chi connectivity index (χ2n) is 6.59. The van der Waals surface area contributed by atoms with Crippen LogP contribution in [0.2, 0.25) is 0 Å². The first-order valence-electron chi connectivity index (χ1n) is 7.43. The van der Waals surface area contributed by atoms with E-state index in [1.54, 1.807) is 18.2 Å². The number of hydrogen-bond donors (Lipinski definition) is 4. The van der Waals surface area contributed by atoms with Gasteiger partial charge in [0.05, 0.1) is 5.41 Å². The van der Waals surface area contributed by atoms with E-state index in [0.29, 0.717) is 18.6 Å². The van der Waals surface area contributed by atoms with Gasteiger partial charge in [-0.3, -0.25) is 0 Å².